The lowest BCUT2D eigenvalue weighted by atomic mass is 9.85. The molecule has 7 rings (SSSR count). The number of aromatic nitrogens is 6. The lowest BCUT2D eigenvalue weighted by Gasteiger charge is -2.36. The molecule has 3 aromatic heterocycles. The Morgan fingerprint density at radius 3 is 2.24 bits per heavy atom. The van der Waals surface area contributed by atoms with Gasteiger partial charge in [-0.05, 0) is 85.0 Å². The van der Waals surface area contributed by atoms with Crippen LogP contribution in [0.1, 0.15) is 83.1 Å². The van der Waals surface area contributed by atoms with E-state index in [-0.39, 0.29) is 35.9 Å². The molecule has 4 unspecified atom stereocenters. The number of halogens is 2. The average molecular weight is 1050 g/mol. The first-order valence-corrected chi connectivity index (χ1v) is 25.9. The molecule has 4 atom stereocenters. The maximum absolute atomic E-state index is 14.7. The van der Waals surface area contributed by atoms with Crippen molar-refractivity contribution in [3.05, 3.63) is 77.6 Å². The fourth-order valence-electron chi connectivity index (χ4n) is 8.54. The number of benzene rings is 2. The number of likely N-dealkylation sites (N-methyl/N-ethyl adjacent to an activating group) is 1. The molecule has 398 valence electrons. The Labute approximate surface area is 429 Å². The minimum atomic E-state index is -3.87. The van der Waals surface area contributed by atoms with Crippen molar-refractivity contribution in [2.24, 2.45) is 5.41 Å². The minimum Gasteiger partial charge on any atom is -0.492 e. The standard InChI is InChI=1S/C50H66F2N14O7S/c1-28-29(2)62-63-43(28)61-44-32-22-39(74(71,72)50(7,8)9)38(23-35(32)56-27-57-44)73-20-12-15-64-16-18-65(19-17-64)40-25-54-36(24-55-40)46(68)58-31-21-37(47(69)59-41-33(51)13-11-14-34(41)52)66(26-31)48(70)42(49(4,5)6)60-45(67)30(3)53-10/h11,13-14,22-25,27,30-31,37,42,53H,12,15-21,26H2,1-10H3,(H,58,68)(H,59,69)(H,60,67)(H2,56,57,61,62,63). The van der Waals surface area contributed by atoms with Gasteiger partial charge in [0.2, 0.25) is 17.7 Å². The smallest absolute Gasteiger partial charge is 0.271 e. The molecular weight excluding hydrogens is 979 g/mol. The van der Waals surface area contributed by atoms with E-state index in [0.29, 0.717) is 67.5 Å². The quantitative estimate of drug-likeness (QED) is 0.0705. The number of H-pyrrole nitrogens is 1. The van der Waals surface area contributed by atoms with Crippen LogP contribution in [0.2, 0.25) is 0 Å². The van der Waals surface area contributed by atoms with Crippen LogP contribution in [0.15, 0.2) is 53.9 Å². The third-order valence-electron chi connectivity index (χ3n) is 13.4. The number of piperazine rings is 1. The van der Waals surface area contributed by atoms with Crippen LogP contribution in [0, 0.1) is 30.9 Å². The van der Waals surface area contributed by atoms with Crippen molar-refractivity contribution in [2.45, 2.75) is 109 Å². The number of carbonyl (C=O) groups is 4. The Bertz CT molecular complexity index is 2970. The number of hydrogen-bond acceptors (Lipinski definition) is 16. The number of ether oxygens (including phenoxy) is 1. The highest BCUT2D eigenvalue weighted by Crippen LogP contribution is 2.37. The lowest BCUT2D eigenvalue weighted by Crippen LogP contribution is -2.59. The van der Waals surface area contributed by atoms with Crippen molar-refractivity contribution >= 4 is 67.5 Å². The average Bonchev–Trinajstić information content (AvgIpc) is 3.93. The zero-order valence-corrected chi connectivity index (χ0v) is 44.2. The van der Waals surface area contributed by atoms with Gasteiger partial charge in [-0.25, -0.2) is 37.1 Å². The summed E-state index contributed by atoms with van der Waals surface area (Å²) in [6.07, 6.45) is 4.75. The summed E-state index contributed by atoms with van der Waals surface area (Å²) >= 11 is 0. The Hall–Kier alpha value is -6.92. The van der Waals surface area contributed by atoms with Crippen LogP contribution in [0.5, 0.6) is 5.75 Å². The Morgan fingerprint density at radius 2 is 1.64 bits per heavy atom. The number of aryl methyl sites for hydroxylation is 1. The van der Waals surface area contributed by atoms with Crippen molar-refractivity contribution in [2.75, 3.05) is 68.5 Å². The highest BCUT2D eigenvalue weighted by molar-refractivity contribution is 7.92. The third kappa shape index (κ3) is 12.2. The monoisotopic (exact) mass is 1040 g/mol. The highest BCUT2D eigenvalue weighted by Gasteiger charge is 2.46. The van der Waals surface area contributed by atoms with E-state index in [4.69, 9.17) is 4.74 Å². The van der Waals surface area contributed by atoms with Crippen LogP contribution in [0.4, 0.5) is 31.9 Å². The van der Waals surface area contributed by atoms with Gasteiger partial charge in [0.05, 0.1) is 35.3 Å². The molecule has 0 spiro atoms. The van der Waals surface area contributed by atoms with E-state index in [1.54, 1.807) is 67.6 Å². The number of carbonyl (C=O) groups excluding carboxylic acids is 4. The number of para-hydroxylation sites is 1. The number of anilines is 4. The number of hydrogen-bond donors (Lipinski definition) is 6. The van der Waals surface area contributed by atoms with Crippen LogP contribution in [0.3, 0.4) is 0 Å². The van der Waals surface area contributed by atoms with Gasteiger partial charge in [-0.15, -0.1) is 0 Å². The van der Waals surface area contributed by atoms with Gasteiger partial charge in [-0.2, -0.15) is 5.10 Å². The summed E-state index contributed by atoms with van der Waals surface area (Å²) in [6.45, 7) is 19.0. The molecule has 21 nitrogen and oxygen atoms in total. The van der Waals surface area contributed by atoms with Crippen molar-refractivity contribution < 1.29 is 41.1 Å². The number of nitrogens with one attached hydrogen (secondary N) is 6. The van der Waals surface area contributed by atoms with E-state index in [9.17, 15) is 36.4 Å². The van der Waals surface area contributed by atoms with Gasteiger partial charge in [-0.1, -0.05) is 26.8 Å². The van der Waals surface area contributed by atoms with Gasteiger partial charge in [-0.3, -0.25) is 29.2 Å². The Morgan fingerprint density at radius 1 is 0.932 bits per heavy atom. The highest BCUT2D eigenvalue weighted by atomic mass is 32.2. The summed E-state index contributed by atoms with van der Waals surface area (Å²) in [6, 6.07) is 2.52. The first-order valence-electron chi connectivity index (χ1n) is 24.5. The Balaban J connectivity index is 0.954. The van der Waals surface area contributed by atoms with Crippen LogP contribution in [-0.2, 0) is 24.2 Å². The molecule has 5 heterocycles. The maximum Gasteiger partial charge on any atom is 0.271 e. The number of amides is 4. The number of fused-ring (bicyclic) bond motifs is 1. The van der Waals surface area contributed by atoms with E-state index in [0.717, 1.165) is 29.5 Å². The number of sulfone groups is 1. The maximum atomic E-state index is 14.7. The summed E-state index contributed by atoms with van der Waals surface area (Å²) in [5, 5.41) is 21.7. The molecule has 6 N–H and O–H groups in total. The summed E-state index contributed by atoms with van der Waals surface area (Å²) < 4.78 is 62.3. The molecule has 0 bridgehead atoms. The normalized spacial score (nSPS) is 17.5. The third-order valence-corrected chi connectivity index (χ3v) is 15.9. The van der Waals surface area contributed by atoms with Crippen LogP contribution in [-0.4, -0.2) is 154 Å². The van der Waals surface area contributed by atoms with Gasteiger partial charge in [0, 0.05) is 68.0 Å². The van der Waals surface area contributed by atoms with Crippen molar-refractivity contribution in [3.8, 4) is 5.75 Å². The molecule has 5 aromatic rings. The van der Waals surface area contributed by atoms with Gasteiger partial charge in [0.15, 0.2) is 15.7 Å². The molecule has 0 radical (unpaired) electrons. The summed E-state index contributed by atoms with van der Waals surface area (Å²) in [4.78, 5) is 78.0. The fourth-order valence-corrected chi connectivity index (χ4v) is 9.85. The predicted molar refractivity (Wildman–Crippen MR) is 275 cm³/mol. The number of rotatable bonds is 17. The molecule has 4 amide bonds. The molecule has 2 aliphatic heterocycles. The zero-order chi connectivity index (χ0) is 53.9. The van der Waals surface area contributed by atoms with E-state index >= 15 is 0 Å². The van der Waals surface area contributed by atoms with Crippen LogP contribution in [0.25, 0.3) is 10.9 Å². The van der Waals surface area contributed by atoms with E-state index in [1.165, 1.54) is 23.6 Å². The second-order valence-corrected chi connectivity index (χ2v) is 23.4. The number of aromatic amines is 1. The van der Waals surface area contributed by atoms with E-state index < -0.39 is 85.1 Å². The molecule has 0 saturated carbocycles. The largest absolute Gasteiger partial charge is 0.492 e. The number of nitrogens with zero attached hydrogens (tertiary/aromatic N) is 8. The first kappa shape index (κ1) is 54.8. The SMILES string of the molecule is CNC(C)C(=O)NC(C(=O)N1CC(NC(=O)c2cnc(N3CCN(CCCOc4cc5ncnc(Nc6n[nH]c(C)c6C)c5cc4S(=O)(=O)C(C)(C)C)CC3)cn2)CC1C(=O)Nc1c(F)cccc1F)C(C)(C)C. The number of likely N-dealkylation sites (tertiary alicyclic amines) is 1. The summed E-state index contributed by atoms with van der Waals surface area (Å²) in [7, 11) is -2.27. The molecule has 2 saturated heterocycles. The second-order valence-electron chi connectivity index (χ2n) is 20.7. The van der Waals surface area contributed by atoms with Crippen LogP contribution >= 0.6 is 0 Å². The van der Waals surface area contributed by atoms with E-state index in [2.05, 4.69) is 61.6 Å². The van der Waals surface area contributed by atoms with Gasteiger partial charge in [0.1, 0.15) is 63.7 Å². The summed E-state index contributed by atoms with van der Waals surface area (Å²) in [5.74, 6) is -2.82. The van der Waals surface area contributed by atoms with Crippen molar-refractivity contribution in [3.63, 3.8) is 0 Å². The molecular formula is C50H66F2N14O7S. The predicted octanol–water partition coefficient (Wildman–Crippen LogP) is 4.42. The summed E-state index contributed by atoms with van der Waals surface area (Å²) in [5.41, 5.74) is 0.778. The van der Waals surface area contributed by atoms with Crippen molar-refractivity contribution in [1.82, 2.24) is 55.9 Å². The molecule has 2 fully saturated rings. The zero-order valence-electron chi connectivity index (χ0n) is 43.4. The van der Waals surface area contributed by atoms with E-state index in [1.807, 2.05) is 18.7 Å². The molecule has 2 aliphatic rings. The van der Waals surface area contributed by atoms with Crippen molar-refractivity contribution in [1.29, 1.82) is 0 Å². The fraction of sp³-hybridized carbons (Fsp3) is 0.500. The van der Waals surface area contributed by atoms with Gasteiger partial charge < -0.3 is 41.1 Å². The minimum absolute atomic E-state index is 0.0129. The van der Waals surface area contributed by atoms with Crippen LogP contribution < -0.4 is 36.2 Å². The lowest BCUT2D eigenvalue weighted by molar-refractivity contribution is -0.143. The molecule has 2 aromatic carbocycles. The molecule has 74 heavy (non-hydrogen) atoms. The molecule has 24 heteroatoms. The van der Waals surface area contributed by atoms with Gasteiger partial charge >= 0.3 is 0 Å². The Kier molecular flexibility index (Phi) is 16.5. The van der Waals surface area contributed by atoms with Gasteiger partial charge in [0.25, 0.3) is 5.91 Å². The topological polar surface area (TPSA) is 262 Å². The first-order chi connectivity index (χ1) is 34.9. The second kappa shape index (κ2) is 22.3. The molecule has 0 aliphatic carbocycles.